The molecule has 1 aliphatic heterocycles. The van der Waals surface area contributed by atoms with E-state index in [1.54, 1.807) is 7.11 Å². The summed E-state index contributed by atoms with van der Waals surface area (Å²) in [7, 11) is 3.72. The summed E-state index contributed by atoms with van der Waals surface area (Å²) in [5.41, 5.74) is 2.52. The van der Waals surface area contributed by atoms with Gasteiger partial charge in [-0.15, -0.1) is 0 Å². The van der Waals surface area contributed by atoms with Crippen molar-refractivity contribution in [3.05, 3.63) is 29.3 Å². The zero-order valence-electron chi connectivity index (χ0n) is 10.8. The van der Waals surface area contributed by atoms with Gasteiger partial charge in [0.15, 0.2) is 0 Å². The number of fused-ring (bicyclic) bond motifs is 1. The average Bonchev–Trinajstić information content (AvgIpc) is 2.36. The van der Waals surface area contributed by atoms with Crippen molar-refractivity contribution < 1.29 is 14.6 Å². The van der Waals surface area contributed by atoms with Crippen LogP contribution in [-0.2, 0) is 11.2 Å². The van der Waals surface area contributed by atoms with Gasteiger partial charge in [-0.05, 0) is 43.1 Å². The molecule has 1 atom stereocenters. The first-order valence-electron chi connectivity index (χ1n) is 6.20. The SMILES string of the molecule is COc1ccc2c(c1)CCN(C)C2CCC(=O)O. The van der Waals surface area contributed by atoms with Crippen LogP contribution in [0.25, 0.3) is 0 Å². The van der Waals surface area contributed by atoms with Crippen LogP contribution in [0.5, 0.6) is 5.75 Å². The molecular weight excluding hydrogens is 230 g/mol. The summed E-state index contributed by atoms with van der Waals surface area (Å²) in [4.78, 5) is 13.0. The van der Waals surface area contributed by atoms with E-state index < -0.39 is 5.97 Å². The molecule has 2 rings (SSSR count). The zero-order chi connectivity index (χ0) is 13.1. The van der Waals surface area contributed by atoms with Crippen LogP contribution in [0.1, 0.15) is 30.0 Å². The van der Waals surface area contributed by atoms with Gasteiger partial charge in [-0.3, -0.25) is 9.69 Å². The fourth-order valence-corrected chi connectivity index (χ4v) is 2.58. The fraction of sp³-hybridized carbons (Fsp3) is 0.500. The molecule has 1 aromatic rings. The lowest BCUT2D eigenvalue weighted by atomic mass is 9.90. The second kappa shape index (κ2) is 5.40. The first kappa shape index (κ1) is 12.9. The Hall–Kier alpha value is -1.55. The number of carboxylic acid groups (broad SMARTS) is 1. The van der Waals surface area contributed by atoms with Crippen LogP contribution < -0.4 is 4.74 Å². The van der Waals surface area contributed by atoms with Crippen molar-refractivity contribution in [3.63, 3.8) is 0 Å². The fourth-order valence-electron chi connectivity index (χ4n) is 2.58. The smallest absolute Gasteiger partial charge is 0.303 e. The lowest BCUT2D eigenvalue weighted by molar-refractivity contribution is -0.137. The Morgan fingerprint density at radius 1 is 1.56 bits per heavy atom. The summed E-state index contributed by atoms with van der Waals surface area (Å²) < 4.78 is 5.23. The molecule has 1 N–H and O–H groups in total. The summed E-state index contributed by atoms with van der Waals surface area (Å²) in [5.74, 6) is 0.138. The predicted octanol–water partition coefficient (Wildman–Crippen LogP) is 2.09. The van der Waals surface area contributed by atoms with Crippen LogP contribution in [0.3, 0.4) is 0 Å². The van der Waals surface area contributed by atoms with Gasteiger partial charge in [-0.2, -0.15) is 0 Å². The summed E-state index contributed by atoms with van der Waals surface area (Å²) in [6.07, 6.45) is 1.86. The highest BCUT2D eigenvalue weighted by molar-refractivity contribution is 5.66. The molecule has 0 amide bonds. The van der Waals surface area contributed by atoms with Crippen molar-refractivity contribution in [2.24, 2.45) is 0 Å². The Morgan fingerprint density at radius 2 is 2.33 bits per heavy atom. The van der Waals surface area contributed by atoms with Crippen molar-refractivity contribution in [3.8, 4) is 5.75 Å². The molecule has 1 heterocycles. The lowest BCUT2D eigenvalue weighted by Gasteiger charge is -2.34. The molecule has 0 aromatic heterocycles. The van der Waals surface area contributed by atoms with E-state index in [9.17, 15) is 4.79 Å². The number of carbonyl (C=O) groups is 1. The molecule has 0 fully saturated rings. The maximum absolute atomic E-state index is 10.7. The third kappa shape index (κ3) is 2.64. The lowest BCUT2D eigenvalue weighted by Crippen LogP contribution is -2.32. The topological polar surface area (TPSA) is 49.8 Å². The largest absolute Gasteiger partial charge is 0.497 e. The van der Waals surface area contributed by atoms with Crippen molar-refractivity contribution in [2.75, 3.05) is 20.7 Å². The van der Waals surface area contributed by atoms with Gasteiger partial charge < -0.3 is 9.84 Å². The monoisotopic (exact) mass is 249 g/mol. The van der Waals surface area contributed by atoms with Crippen LogP contribution in [0.2, 0.25) is 0 Å². The van der Waals surface area contributed by atoms with Crippen molar-refractivity contribution in [2.45, 2.75) is 25.3 Å². The molecule has 98 valence electrons. The zero-order valence-corrected chi connectivity index (χ0v) is 10.8. The van der Waals surface area contributed by atoms with Gasteiger partial charge in [-0.1, -0.05) is 6.07 Å². The van der Waals surface area contributed by atoms with Crippen LogP contribution in [0, 0.1) is 0 Å². The highest BCUT2D eigenvalue weighted by Gasteiger charge is 2.25. The van der Waals surface area contributed by atoms with E-state index in [0.717, 1.165) is 18.7 Å². The van der Waals surface area contributed by atoms with Gasteiger partial charge >= 0.3 is 5.97 Å². The molecular formula is C14H19NO3. The Kier molecular flexibility index (Phi) is 3.87. The minimum atomic E-state index is -0.732. The van der Waals surface area contributed by atoms with E-state index >= 15 is 0 Å². The molecule has 0 spiro atoms. The molecule has 0 radical (unpaired) electrons. The number of carboxylic acids is 1. The summed E-state index contributed by atoms with van der Waals surface area (Å²) in [6, 6.07) is 6.29. The molecule has 0 saturated carbocycles. The number of hydrogen-bond acceptors (Lipinski definition) is 3. The second-order valence-electron chi connectivity index (χ2n) is 4.74. The minimum absolute atomic E-state index is 0.204. The molecule has 0 saturated heterocycles. The van der Waals surface area contributed by atoms with E-state index in [4.69, 9.17) is 9.84 Å². The first-order chi connectivity index (χ1) is 8.61. The Labute approximate surface area is 107 Å². The molecule has 1 unspecified atom stereocenters. The number of methoxy groups -OCH3 is 1. The average molecular weight is 249 g/mol. The number of nitrogens with zero attached hydrogens (tertiary/aromatic N) is 1. The summed E-state index contributed by atoms with van der Waals surface area (Å²) in [5, 5.41) is 8.82. The quantitative estimate of drug-likeness (QED) is 0.887. The Balaban J connectivity index is 2.23. The van der Waals surface area contributed by atoms with Gasteiger partial charge in [0.2, 0.25) is 0 Å². The van der Waals surface area contributed by atoms with Crippen LogP contribution in [0.4, 0.5) is 0 Å². The Bertz CT molecular complexity index is 445. The normalized spacial score (nSPS) is 19.3. The van der Waals surface area contributed by atoms with Gasteiger partial charge in [0.1, 0.15) is 5.75 Å². The maximum atomic E-state index is 10.7. The van der Waals surface area contributed by atoms with E-state index in [-0.39, 0.29) is 12.5 Å². The van der Waals surface area contributed by atoms with Crippen LogP contribution in [0.15, 0.2) is 18.2 Å². The van der Waals surface area contributed by atoms with E-state index in [0.29, 0.717) is 6.42 Å². The molecule has 18 heavy (non-hydrogen) atoms. The van der Waals surface area contributed by atoms with Crippen LogP contribution >= 0.6 is 0 Å². The van der Waals surface area contributed by atoms with E-state index in [2.05, 4.69) is 24.1 Å². The van der Waals surface area contributed by atoms with Crippen molar-refractivity contribution >= 4 is 5.97 Å². The first-order valence-corrected chi connectivity index (χ1v) is 6.20. The standard InChI is InChI=1S/C14H19NO3/c1-15-8-7-10-9-11(18-2)3-4-12(10)13(15)5-6-14(16)17/h3-4,9,13H,5-8H2,1-2H3,(H,16,17). The van der Waals surface area contributed by atoms with Gasteiger partial charge in [0, 0.05) is 19.0 Å². The maximum Gasteiger partial charge on any atom is 0.303 e. The number of benzene rings is 1. The predicted molar refractivity (Wildman–Crippen MR) is 68.9 cm³/mol. The van der Waals surface area contributed by atoms with Gasteiger partial charge in [0.05, 0.1) is 7.11 Å². The minimum Gasteiger partial charge on any atom is -0.497 e. The Morgan fingerprint density at radius 3 is 3.00 bits per heavy atom. The third-order valence-corrected chi connectivity index (χ3v) is 3.61. The van der Waals surface area contributed by atoms with Crippen molar-refractivity contribution in [1.82, 2.24) is 4.90 Å². The number of likely N-dealkylation sites (N-methyl/N-ethyl adjacent to an activating group) is 1. The number of rotatable bonds is 4. The van der Waals surface area contributed by atoms with E-state index in [1.807, 2.05) is 6.07 Å². The van der Waals surface area contributed by atoms with Crippen molar-refractivity contribution in [1.29, 1.82) is 0 Å². The number of ether oxygens (including phenoxy) is 1. The molecule has 4 heteroatoms. The van der Waals surface area contributed by atoms with Crippen LogP contribution in [-0.4, -0.2) is 36.7 Å². The molecule has 0 aliphatic carbocycles. The van der Waals surface area contributed by atoms with E-state index in [1.165, 1.54) is 11.1 Å². The second-order valence-corrected chi connectivity index (χ2v) is 4.74. The highest BCUT2D eigenvalue weighted by Crippen LogP contribution is 2.33. The number of hydrogen-bond donors (Lipinski definition) is 1. The third-order valence-electron chi connectivity index (χ3n) is 3.61. The molecule has 1 aromatic carbocycles. The number of aliphatic carboxylic acids is 1. The highest BCUT2D eigenvalue weighted by atomic mass is 16.5. The van der Waals surface area contributed by atoms with Gasteiger partial charge in [0.25, 0.3) is 0 Å². The summed E-state index contributed by atoms with van der Waals surface area (Å²) in [6.45, 7) is 0.963. The molecule has 4 nitrogen and oxygen atoms in total. The molecule has 1 aliphatic rings. The summed E-state index contributed by atoms with van der Waals surface area (Å²) >= 11 is 0. The van der Waals surface area contributed by atoms with Gasteiger partial charge in [-0.25, -0.2) is 0 Å². The molecule has 0 bridgehead atoms.